The smallest absolute Gasteiger partial charge is 0.255 e. The third-order valence-electron chi connectivity index (χ3n) is 4.80. The molecule has 0 saturated carbocycles. The van der Waals surface area contributed by atoms with Crippen LogP contribution in [0.15, 0.2) is 85.2 Å². The number of hydrogen-bond acceptors (Lipinski definition) is 6. The molecule has 1 heterocycles. The predicted octanol–water partition coefficient (Wildman–Crippen LogP) is 5.16. The average molecular weight is 426 g/mol. The van der Waals surface area contributed by atoms with Gasteiger partial charge in [-0.2, -0.15) is 0 Å². The van der Waals surface area contributed by atoms with Gasteiger partial charge in [0.1, 0.15) is 23.6 Å². The van der Waals surface area contributed by atoms with Crippen molar-refractivity contribution >= 4 is 23.1 Å². The third-order valence-corrected chi connectivity index (χ3v) is 4.80. The van der Waals surface area contributed by atoms with Crippen molar-refractivity contribution in [3.8, 4) is 22.8 Å². The number of hydrogen-bond donors (Lipinski definition) is 2. The Morgan fingerprint density at radius 1 is 0.812 bits per heavy atom. The number of amides is 1. The maximum Gasteiger partial charge on any atom is 0.255 e. The number of ether oxygens (including phenoxy) is 2. The molecule has 0 aliphatic rings. The van der Waals surface area contributed by atoms with Gasteiger partial charge in [0.2, 0.25) is 0 Å². The number of nitrogens with zero attached hydrogens (tertiary/aromatic N) is 2. The van der Waals surface area contributed by atoms with Gasteiger partial charge in [-0.05, 0) is 48.5 Å². The highest BCUT2D eigenvalue weighted by atomic mass is 16.5. The van der Waals surface area contributed by atoms with Crippen molar-refractivity contribution in [2.75, 3.05) is 24.9 Å². The van der Waals surface area contributed by atoms with E-state index in [4.69, 9.17) is 9.47 Å². The van der Waals surface area contributed by atoms with Crippen LogP contribution >= 0.6 is 0 Å². The number of carbonyl (C=O) groups excluding carboxylic acids is 1. The summed E-state index contributed by atoms with van der Waals surface area (Å²) in [5.74, 6) is 1.85. The molecule has 0 radical (unpaired) electrons. The molecule has 160 valence electrons. The summed E-state index contributed by atoms with van der Waals surface area (Å²) in [5, 5.41) is 6.14. The molecule has 1 aromatic heterocycles. The lowest BCUT2D eigenvalue weighted by atomic mass is 10.1. The van der Waals surface area contributed by atoms with E-state index in [9.17, 15) is 4.79 Å². The first kappa shape index (κ1) is 20.9. The largest absolute Gasteiger partial charge is 0.497 e. The summed E-state index contributed by atoms with van der Waals surface area (Å²) < 4.78 is 10.7. The first-order chi connectivity index (χ1) is 15.7. The standard InChI is InChI=1S/C25H22N4O3/c1-31-20-12-13-21(23(14-20)32-2)22-15-24(27-16-26-22)28-18-8-10-19(11-9-18)29-25(30)17-6-4-3-5-7-17/h3-16H,1-2H3,(H,29,30)(H,26,27,28). The molecule has 0 atom stereocenters. The number of rotatable bonds is 7. The third kappa shape index (κ3) is 4.84. The second-order valence-corrected chi connectivity index (χ2v) is 6.88. The van der Waals surface area contributed by atoms with E-state index in [1.807, 2.05) is 66.7 Å². The molecule has 32 heavy (non-hydrogen) atoms. The Morgan fingerprint density at radius 2 is 1.56 bits per heavy atom. The molecule has 0 aliphatic heterocycles. The second kappa shape index (κ2) is 9.61. The van der Waals surface area contributed by atoms with Crippen molar-refractivity contribution in [3.05, 3.63) is 90.8 Å². The maximum absolute atomic E-state index is 12.3. The highest BCUT2D eigenvalue weighted by Gasteiger charge is 2.10. The van der Waals surface area contributed by atoms with Crippen molar-refractivity contribution in [2.45, 2.75) is 0 Å². The molecule has 0 fully saturated rings. The minimum absolute atomic E-state index is 0.153. The zero-order chi connectivity index (χ0) is 22.3. The normalized spacial score (nSPS) is 10.3. The number of methoxy groups -OCH3 is 2. The molecule has 7 heteroatoms. The van der Waals surface area contributed by atoms with Gasteiger partial charge < -0.3 is 20.1 Å². The van der Waals surface area contributed by atoms with Gasteiger partial charge in [-0.25, -0.2) is 9.97 Å². The van der Waals surface area contributed by atoms with Crippen LogP contribution in [0.3, 0.4) is 0 Å². The SMILES string of the molecule is COc1ccc(-c2cc(Nc3ccc(NC(=O)c4ccccc4)cc3)ncn2)c(OC)c1. The summed E-state index contributed by atoms with van der Waals surface area (Å²) in [4.78, 5) is 21.0. The molecule has 0 spiro atoms. The molecular weight excluding hydrogens is 404 g/mol. The Morgan fingerprint density at radius 3 is 2.28 bits per heavy atom. The van der Waals surface area contributed by atoms with Crippen LogP contribution in [0.4, 0.5) is 17.2 Å². The number of carbonyl (C=O) groups is 1. The minimum Gasteiger partial charge on any atom is -0.497 e. The van der Waals surface area contributed by atoms with E-state index in [0.29, 0.717) is 34.3 Å². The van der Waals surface area contributed by atoms with Crippen molar-refractivity contribution in [1.82, 2.24) is 9.97 Å². The van der Waals surface area contributed by atoms with E-state index in [-0.39, 0.29) is 5.91 Å². The zero-order valence-electron chi connectivity index (χ0n) is 17.7. The molecule has 0 saturated heterocycles. The van der Waals surface area contributed by atoms with Crippen molar-refractivity contribution < 1.29 is 14.3 Å². The lowest BCUT2D eigenvalue weighted by molar-refractivity contribution is 0.102. The Balaban J connectivity index is 1.48. The number of aromatic nitrogens is 2. The van der Waals surface area contributed by atoms with Crippen LogP contribution in [-0.4, -0.2) is 30.1 Å². The molecule has 0 unspecified atom stereocenters. The van der Waals surface area contributed by atoms with Gasteiger partial charge in [0.05, 0.1) is 19.9 Å². The fraction of sp³-hybridized carbons (Fsp3) is 0.0800. The number of benzene rings is 3. The minimum atomic E-state index is -0.153. The quantitative estimate of drug-likeness (QED) is 0.425. The van der Waals surface area contributed by atoms with Gasteiger partial charge in [-0.3, -0.25) is 4.79 Å². The van der Waals surface area contributed by atoms with Gasteiger partial charge in [0.25, 0.3) is 5.91 Å². The molecule has 0 aliphatic carbocycles. The van der Waals surface area contributed by atoms with E-state index in [1.54, 1.807) is 26.4 Å². The first-order valence-electron chi connectivity index (χ1n) is 9.94. The molecule has 2 N–H and O–H groups in total. The summed E-state index contributed by atoms with van der Waals surface area (Å²) in [6.45, 7) is 0. The Hall–Kier alpha value is -4.39. The van der Waals surface area contributed by atoms with E-state index in [2.05, 4.69) is 20.6 Å². The van der Waals surface area contributed by atoms with Crippen molar-refractivity contribution in [2.24, 2.45) is 0 Å². The summed E-state index contributed by atoms with van der Waals surface area (Å²) >= 11 is 0. The Bertz CT molecular complexity index is 1210. The predicted molar refractivity (Wildman–Crippen MR) is 125 cm³/mol. The van der Waals surface area contributed by atoms with Crippen LogP contribution in [0.5, 0.6) is 11.5 Å². The fourth-order valence-electron chi connectivity index (χ4n) is 3.16. The van der Waals surface area contributed by atoms with Gasteiger partial charge in [0, 0.05) is 34.6 Å². The highest BCUT2D eigenvalue weighted by Crippen LogP contribution is 2.33. The van der Waals surface area contributed by atoms with Crippen LogP contribution < -0.4 is 20.1 Å². The van der Waals surface area contributed by atoms with Gasteiger partial charge in [0.15, 0.2) is 0 Å². The first-order valence-corrected chi connectivity index (χ1v) is 9.94. The number of anilines is 3. The maximum atomic E-state index is 12.3. The summed E-state index contributed by atoms with van der Waals surface area (Å²) in [6, 6.07) is 23.9. The summed E-state index contributed by atoms with van der Waals surface area (Å²) in [6.07, 6.45) is 1.50. The average Bonchev–Trinajstić information content (AvgIpc) is 2.85. The molecule has 4 aromatic rings. The van der Waals surface area contributed by atoms with E-state index in [1.165, 1.54) is 6.33 Å². The summed E-state index contributed by atoms with van der Waals surface area (Å²) in [7, 11) is 3.22. The molecule has 1 amide bonds. The molecule has 3 aromatic carbocycles. The fourth-order valence-corrected chi connectivity index (χ4v) is 3.16. The topological polar surface area (TPSA) is 85.4 Å². The van der Waals surface area contributed by atoms with E-state index < -0.39 is 0 Å². The number of nitrogens with one attached hydrogen (secondary N) is 2. The van der Waals surface area contributed by atoms with Crippen LogP contribution in [0.25, 0.3) is 11.3 Å². The molecular formula is C25H22N4O3. The van der Waals surface area contributed by atoms with Crippen molar-refractivity contribution in [3.63, 3.8) is 0 Å². The lowest BCUT2D eigenvalue weighted by Gasteiger charge is -2.12. The van der Waals surface area contributed by atoms with Crippen molar-refractivity contribution in [1.29, 1.82) is 0 Å². The van der Waals surface area contributed by atoms with E-state index in [0.717, 1.165) is 11.3 Å². The Kier molecular flexibility index (Phi) is 6.27. The summed E-state index contributed by atoms with van der Waals surface area (Å²) in [5.41, 5.74) is 3.69. The van der Waals surface area contributed by atoms with Gasteiger partial charge in [-0.15, -0.1) is 0 Å². The van der Waals surface area contributed by atoms with Gasteiger partial charge in [-0.1, -0.05) is 18.2 Å². The van der Waals surface area contributed by atoms with Crippen LogP contribution in [0.2, 0.25) is 0 Å². The molecule has 0 bridgehead atoms. The highest BCUT2D eigenvalue weighted by molar-refractivity contribution is 6.04. The van der Waals surface area contributed by atoms with Crippen LogP contribution in [-0.2, 0) is 0 Å². The van der Waals surface area contributed by atoms with E-state index >= 15 is 0 Å². The second-order valence-electron chi connectivity index (χ2n) is 6.88. The molecule has 4 rings (SSSR count). The van der Waals surface area contributed by atoms with Crippen LogP contribution in [0, 0.1) is 0 Å². The molecule has 7 nitrogen and oxygen atoms in total. The lowest BCUT2D eigenvalue weighted by Crippen LogP contribution is -2.11. The van der Waals surface area contributed by atoms with Gasteiger partial charge >= 0.3 is 0 Å². The Labute approximate surface area is 186 Å². The monoisotopic (exact) mass is 426 g/mol. The van der Waals surface area contributed by atoms with Crippen LogP contribution in [0.1, 0.15) is 10.4 Å². The zero-order valence-corrected chi connectivity index (χ0v) is 17.7.